The summed E-state index contributed by atoms with van der Waals surface area (Å²) in [5.41, 5.74) is 0. The fraction of sp³-hybridized carbons (Fsp3) is 0.765. The predicted octanol–water partition coefficient (Wildman–Crippen LogP) is -0.406. The van der Waals surface area contributed by atoms with Crippen molar-refractivity contribution in [3.05, 3.63) is 0 Å². The highest BCUT2D eigenvalue weighted by molar-refractivity contribution is 5.92. The summed E-state index contributed by atoms with van der Waals surface area (Å²) in [6.45, 7) is 3.11. The summed E-state index contributed by atoms with van der Waals surface area (Å²) < 4.78 is 4.62. The lowest BCUT2D eigenvalue weighted by Crippen LogP contribution is -2.53. The van der Waals surface area contributed by atoms with Crippen molar-refractivity contribution in [2.24, 2.45) is 0 Å². The number of likely N-dealkylation sites (tertiary alicyclic amines) is 2. The van der Waals surface area contributed by atoms with E-state index in [1.165, 1.54) is 12.0 Å². The Balaban J connectivity index is 1.90. The highest BCUT2D eigenvalue weighted by Crippen LogP contribution is 2.20. The molecule has 0 aromatic heterocycles. The van der Waals surface area contributed by atoms with Gasteiger partial charge in [0.25, 0.3) is 0 Å². The van der Waals surface area contributed by atoms with Crippen LogP contribution in [0.4, 0.5) is 0 Å². The number of rotatable bonds is 7. The van der Waals surface area contributed by atoms with Crippen LogP contribution < -0.4 is 5.32 Å². The second-order valence-corrected chi connectivity index (χ2v) is 6.78. The lowest BCUT2D eigenvalue weighted by atomic mass is 10.1. The molecule has 0 radical (unpaired) electrons. The quantitative estimate of drug-likeness (QED) is 0.586. The van der Waals surface area contributed by atoms with Gasteiger partial charge in [-0.05, 0) is 39.2 Å². The van der Waals surface area contributed by atoms with Gasteiger partial charge in [-0.3, -0.25) is 19.3 Å². The molecule has 2 amide bonds. The number of carbonyl (C=O) groups is 4. The van der Waals surface area contributed by atoms with Crippen LogP contribution in [0.15, 0.2) is 0 Å². The fourth-order valence-corrected chi connectivity index (χ4v) is 3.63. The minimum atomic E-state index is -1.01. The number of carboxylic acid groups (broad SMARTS) is 1. The van der Waals surface area contributed by atoms with Crippen molar-refractivity contribution in [1.82, 2.24) is 15.1 Å². The molecule has 0 aromatic carbocycles. The summed E-state index contributed by atoms with van der Waals surface area (Å²) in [4.78, 5) is 50.9. The van der Waals surface area contributed by atoms with Crippen LogP contribution in [-0.4, -0.2) is 83.5 Å². The fourth-order valence-electron chi connectivity index (χ4n) is 3.63. The maximum Gasteiger partial charge on any atom is 0.326 e. The molecule has 0 bridgehead atoms. The van der Waals surface area contributed by atoms with Crippen LogP contribution in [0.5, 0.6) is 0 Å². The van der Waals surface area contributed by atoms with Gasteiger partial charge in [0.05, 0.1) is 19.6 Å². The van der Waals surface area contributed by atoms with E-state index in [4.69, 9.17) is 0 Å². The van der Waals surface area contributed by atoms with Gasteiger partial charge in [-0.1, -0.05) is 0 Å². The summed E-state index contributed by atoms with van der Waals surface area (Å²) in [7, 11) is 1.33. The molecule has 0 saturated carbocycles. The molecule has 3 atom stereocenters. The number of ether oxygens (including phenoxy) is 1. The van der Waals surface area contributed by atoms with Gasteiger partial charge in [0.2, 0.25) is 11.8 Å². The number of carboxylic acids is 1. The van der Waals surface area contributed by atoms with Crippen molar-refractivity contribution in [3.63, 3.8) is 0 Å². The minimum Gasteiger partial charge on any atom is -0.480 e. The standard InChI is InChI=1S/C17H27N3O6/c1-11(16(23)20-9-4-6-13(20)17(24)25)18-15(22)12-5-3-8-19(12)10-7-14(21)26-2/h11-13H,3-10H2,1-2H3,(H,18,22)(H,24,25)/t11-,12+,13+/m1/s1. The van der Waals surface area contributed by atoms with Crippen molar-refractivity contribution in [2.45, 2.75) is 57.2 Å². The third kappa shape index (κ3) is 4.72. The zero-order valence-electron chi connectivity index (χ0n) is 15.3. The Morgan fingerprint density at radius 3 is 2.46 bits per heavy atom. The lowest BCUT2D eigenvalue weighted by Gasteiger charge is -2.28. The van der Waals surface area contributed by atoms with E-state index in [1.807, 2.05) is 4.90 Å². The predicted molar refractivity (Wildman–Crippen MR) is 91.2 cm³/mol. The summed E-state index contributed by atoms with van der Waals surface area (Å²) >= 11 is 0. The van der Waals surface area contributed by atoms with E-state index in [2.05, 4.69) is 10.1 Å². The molecule has 2 N–H and O–H groups in total. The molecule has 26 heavy (non-hydrogen) atoms. The van der Waals surface area contributed by atoms with E-state index in [0.29, 0.717) is 38.9 Å². The molecule has 9 heteroatoms. The van der Waals surface area contributed by atoms with E-state index in [-0.39, 0.29) is 30.2 Å². The second kappa shape index (κ2) is 8.98. The smallest absolute Gasteiger partial charge is 0.326 e. The average Bonchev–Trinajstić information content (AvgIpc) is 3.27. The van der Waals surface area contributed by atoms with Crippen molar-refractivity contribution in [1.29, 1.82) is 0 Å². The van der Waals surface area contributed by atoms with Crippen LogP contribution in [-0.2, 0) is 23.9 Å². The highest BCUT2D eigenvalue weighted by Gasteiger charge is 2.37. The monoisotopic (exact) mass is 369 g/mol. The number of aliphatic carboxylic acids is 1. The Labute approximate surface area is 152 Å². The van der Waals surface area contributed by atoms with Gasteiger partial charge in [-0.25, -0.2) is 4.79 Å². The zero-order valence-corrected chi connectivity index (χ0v) is 15.3. The van der Waals surface area contributed by atoms with E-state index < -0.39 is 18.1 Å². The van der Waals surface area contributed by atoms with E-state index in [1.54, 1.807) is 6.92 Å². The SMILES string of the molecule is COC(=O)CCN1CCC[C@H]1C(=O)N[C@H](C)C(=O)N1CCC[C@H]1C(=O)O. The molecule has 2 saturated heterocycles. The molecule has 0 aromatic rings. The number of methoxy groups -OCH3 is 1. The van der Waals surface area contributed by atoms with Crippen molar-refractivity contribution in [2.75, 3.05) is 26.7 Å². The number of hydrogen-bond acceptors (Lipinski definition) is 6. The summed E-state index contributed by atoms with van der Waals surface area (Å²) in [5, 5.41) is 11.9. The molecule has 146 valence electrons. The van der Waals surface area contributed by atoms with Crippen molar-refractivity contribution < 1.29 is 29.0 Å². The first-order chi connectivity index (χ1) is 12.3. The molecule has 2 fully saturated rings. The Kier molecular flexibility index (Phi) is 6.96. The Morgan fingerprint density at radius 2 is 1.81 bits per heavy atom. The summed E-state index contributed by atoms with van der Waals surface area (Å²) in [5.74, 6) is -1.98. The second-order valence-electron chi connectivity index (χ2n) is 6.78. The van der Waals surface area contributed by atoms with Gasteiger partial charge >= 0.3 is 11.9 Å². The van der Waals surface area contributed by atoms with Gasteiger partial charge in [-0.15, -0.1) is 0 Å². The van der Waals surface area contributed by atoms with Crippen LogP contribution in [0.2, 0.25) is 0 Å². The first kappa shape index (κ1) is 20.2. The van der Waals surface area contributed by atoms with Gasteiger partial charge in [-0.2, -0.15) is 0 Å². The molecule has 2 aliphatic rings. The van der Waals surface area contributed by atoms with Gasteiger partial charge in [0.15, 0.2) is 0 Å². The maximum absolute atomic E-state index is 12.6. The minimum absolute atomic E-state index is 0.211. The van der Waals surface area contributed by atoms with E-state index in [9.17, 15) is 24.3 Å². The van der Waals surface area contributed by atoms with Crippen LogP contribution >= 0.6 is 0 Å². The van der Waals surface area contributed by atoms with Gasteiger partial charge in [0.1, 0.15) is 12.1 Å². The number of hydrogen-bond donors (Lipinski definition) is 2. The summed E-state index contributed by atoms with van der Waals surface area (Å²) in [6.07, 6.45) is 2.80. The molecule has 0 aliphatic carbocycles. The molecule has 0 unspecified atom stereocenters. The van der Waals surface area contributed by atoms with Crippen molar-refractivity contribution in [3.8, 4) is 0 Å². The third-order valence-corrected chi connectivity index (χ3v) is 5.05. The number of nitrogens with zero attached hydrogens (tertiary/aromatic N) is 2. The third-order valence-electron chi connectivity index (χ3n) is 5.05. The molecule has 0 spiro atoms. The Morgan fingerprint density at radius 1 is 1.15 bits per heavy atom. The van der Waals surface area contributed by atoms with Crippen LogP contribution in [0.1, 0.15) is 39.0 Å². The number of amides is 2. The Hall–Kier alpha value is -2.16. The first-order valence-corrected chi connectivity index (χ1v) is 8.99. The normalized spacial score (nSPS) is 24.3. The molecule has 2 aliphatic heterocycles. The van der Waals surface area contributed by atoms with Crippen LogP contribution in [0, 0.1) is 0 Å². The van der Waals surface area contributed by atoms with Gasteiger partial charge < -0.3 is 20.1 Å². The average molecular weight is 369 g/mol. The summed E-state index contributed by atoms with van der Waals surface area (Å²) in [6, 6.07) is -1.99. The number of nitrogens with one attached hydrogen (secondary N) is 1. The molecule has 9 nitrogen and oxygen atoms in total. The van der Waals surface area contributed by atoms with Crippen LogP contribution in [0.25, 0.3) is 0 Å². The maximum atomic E-state index is 12.6. The zero-order chi connectivity index (χ0) is 19.3. The number of carbonyl (C=O) groups excluding carboxylic acids is 3. The van der Waals surface area contributed by atoms with E-state index in [0.717, 1.165) is 6.42 Å². The molecule has 2 heterocycles. The molecule has 2 rings (SSSR count). The van der Waals surface area contributed by atoms with Crippen LogP contribution in [0.3, 0.4) is 0 Å². The molecular weight excluding hydrogens is 342 g/mol. The number of esters is 1. The largest absolute Gasteiger partial charge is 0.480 e. The first-order valence-electron chi connectivity index (χ1n) is 8.99. The lowest BCUT2D eigenvalue weighted by molar-refractivity contribution is -0.149. The van der Waals surface area contributed by atoms with Gasteiger partial charge in [0, 0.05) is 13.1 Å². The molecular formula is C17H27N3O6. The highest BCUT2D eigenvalue weighted by atomic mass is 16.5. The van der Waals surface area contributed by atoms with Crippen molar-refractivity contribution >= 4 is 23.8 Å². The Bertz CT molecular complexity index is 567. The van der Waals surface area contributed by atoms with E-state index >= 15 is 0 Å². The topological polar surface area (TPSA) is 116 Å².